The van der Waals surface area contributed by atoms with Crippen molar-refractivity contribution in [1.82, 2.24) is 4.90 Å². The molecule has 0 spiro atoms. The van der Waals surface area contributed by atoms with E-state index in [1.807, 2.05) is 6.07 Å². The third kappa shape index (κ3) is 5.95. The summed E-state index contributed by atoms with van der Waals surface area (Å²) in [7, 11) is 3.11. The van der Waals surface area contributed by atoms with E-state index in [0.717, 1.165) is 5.56 Å². The number of carbonyl (C=O) groups is 2. The molecule has 0 aliphatic carbocycles. The number of ether oxygens (including phenoxy) is 3. The molecule has 6 heteroatoms. The maximum atomic E-state index is 12.3. The largest absolute Gasteiger partial charge is 0.493 e. The minimum atomic E-state index is -0.426. The van der Waals surface area contributed by atoms with Gasteiger partial charge in [-0.05, 0) is 31.0 Å². The summed E-state index contributed by atoms with van der Waals surface area (Å²) in [6.07, 6.45) is 2.54. The van der Waals surface area contributed by atoms with E-state index in [2.05, 4.69) is 6.58 Å². The standard InChI is InChI=1S/C18H25NO5/c1-5-7-8-17(20)19(13-18(21)24-6-2)12-14-9-10-15(22-3)16(11-14)23-4/h5,9-11H,1,6-8,12-13H2,2-4H3. The van der Waals surface area contributed by atoms with Crippen LogP contribution in [-0.2, 0) is 20.9 Å². The van der Waals surface area contributed by atoms with Crippen molar-refractivity contribution >= 4 is 11.9 Å². The Labute approximate surface area is 143 Å². The number of allylic oxidation sites excluding steroid dienone is 1. The number of hydrogen-bond donors (Lipinski definition) is 0. The second-order valence-corrected chi connectivity index (χ2v) is 5.07. The lowest BCUT2D eigenvalue weighted by molar-refractivity contribution is -0.149. The molecule has 1 rings (SSSR count). The van der Waals surface area contributed by atoms with Crippen LogP contribution in [-0.4, -0.2) is 44.1 Å². The van der Waals surface area contributed by atoms with Crippen LogP contribution in [0.4, 0.5) is 0 Å². The first-order valence-electron chi connectivity index (χ1n) is 7.80. The van der Waals surface area contributed by atoms with Crippen LogP contribution in [0.1, 0.15) is 25.3 Å². The van der Waals surface area contributed by atoms with E-state index < -0.39 is 5.97 Å². The molecule has 0 bridgehead atoms. The Kier molecular flexibility index (Phi) is 8.39. The first-order valence-corrected chi connectivity index (χ1v) is 7.80. The Morgan fingerprint density at radius 1 is 1.21 bits per heavy atom. The van der Waals surface area contributed by atoms with Gasteiger partial charge < -0.3 is 19.1 Å². The Hall–Kier alpha value is -2.50. The molecule has 0 N–H and O–H groups in total. The molecule has 0 fully saturated rings. The summed E-state index contributed by atoms with van der Waals surface area (Å²) in [6, 6.07) is 5.39. The van der Waals surface area contributed by atoms with Crippen molar-refractivity contribution < 1.29 is 23.8 Å². The molecule has 0 heterocycles. The highest BCUT2D eigenvalue weighted by atomic mass is 16.5. The lowest BCUT2D eigenvalue weighted by Crippen LogP contribution is -2.35. The van der Waals surface area contributed by atoms with Crippen molar-refractivity contribution in [2.45, 2.75) is 26.3 Å². The van der Waals surface area contributed by atoms with Crippen molar-refractivity contribution in [3.05, 3.63) is 36.4 Å². The van der Waals surface area contributed by atoms with Crippen LogP contribution in [0.5, 0.6) is 11.5 Å². The van der Waals surface area contributed by atoms with Gasteiger partial charge in [-0.15, -0.1) is 6.58 Å². The zero-order valence-electron chi connectivity index (χ0n) is 14.5. The molecule has 132 valence electrons. The summed E-state index contributed by atoms with van der Waals surface area (Å²) in [6.45, 7) is 5.83. The van der Waals surface area contributed by atoms with Crippen LogP contribution in [0.3, 0.4) is 0 Å². The van der Waals surface area contributed by atoms with E-state index in [-0.39, 0.29) is 25.6 Å². The van der Waals surface area contributed by atoms with Gasteiger partial charge in [0.2, 0.25) is 5.91 Å². The summed E-state index contributed by atoms with van der Waals surface area (Å²) < 4.78 is 15.4. The Balaban J connectivity index is 2.91. The van der Waals surface area contributed by atoms with Crippen molar-refractivity contribution in [3.8, 4) is 11.5 Å². The third-order valence-corrected chi connectivity index (χ3v) is 3.36. The van der Waals surface area contributed by atoms with Gasteiger partial charge in [0.25, 0.3) is 0 Å². The van der Waals surface area contributed by atoms with Gasteiger partial charge in [-0.2, -0.15) is 0 Å². The molecule has 0 aromatic heterocycles. The molecule has 0 atom stereocenters. The monoisotopic (exact) mass is 335 g/mol. The zero-order chi connectivity index (χ0) is 17.9. The van der Waals surface area contributed by atoms with Gasteiger partial charge in [0.05, 0.1) is 20.8 Å². The lowest BCUT2D eigenvalue weighted by Gasteiger charge is -2.22. The fourth-order valence-electron chi connectivity index (χ4n) is 2.18. The molecule has 1 aromatic rings. The van der Waals surface area contributed by atoms with E-state index in [4.69, 9.17) is 14.2 Å². The summed E-state index contributed by atoms with van der Waals surface area (Å²) in [5, 5.41) is 0. The topological polar surface area (TPSA) is 65.1 Å². The van der Waals surface area contributed by atoms with Crippen LogP contribution < -0.4 is 9.47 Å². The normalized spacial score (nSPS) is 9.96. The van der Waals surface area contributed by atoms with E-state index in [1.54, 1.807) is 39.4 Å². The molecular formula is C18H25NO5. The SMILES string of the molecule is C=CCCC(=O)N(CC(=O)OCC)Cc1ccc(OC)c(OC)c1. The summed E-state index contributed by atoms with van der Waals surface area (Å²) in [4.78, 5) is 25.6. The second-order valence-electron chi connectivity index (χ2n) is 5.07. The number of benzene rings is 1. The Bertz CT molecular complexity index is 571. The van der Waals surface area contributed by atoms with Gasteiger partial charge in [0.15, 0.2) is 11.5 Å². The second kappa shape index (κ2) is 10.3. The Morgan fingerprint density at radius 3 is 2.50 bits per heavy atom. The highest BCUT2D eigenvalue weighted by Gasteiger charge is 2.18. The number of amides is 1. The minimum Gasteiger partial charge on any atom is -0.493 e. The average molecular weight is 335 g/mol. The van der Waals surface area contributed by atoms with Gasteiger partial charge in [-0.3, -0.25) is 9.59 Å². The predicted octanol–water partition coefficient (Wildman–Crippen LogP) is 2.56. The quantitative estimate of drug-likeness (QED) is 0.486. The first kappa shape index (κ1) is 19.5. The maximum Gasteiger partial charge on any atom is 0.325 e. The van der Waals surface area contributed by atoms with Crippen LogP contribution in [0.15, 0.2) is 30.9 Å². The third-order valence-electron chi connectivity index (χ3n) is 3.36. The molecule has 0 saturated carbocycles. The highest BCUT2D eigenvalue weighted by Crippen LogP contribution is 2.28. The lowest BCUT2D eigenvalue weighted by atomic mass is 10.1. The molecule has 6 nitrogen and oxygen atoms in total. The number of rotatable bonds is 10. The van der Waals surface area contributed by atoms with Crippen LogP contribution in [0.25, 0.3) is 0 Å². The molecular weight excluding hydrogens is 310 g/mol. The molecule has 1 aromatic carbocycles. The number of esters is 1. The van der Waals surface area contributed by atoms with Crippen molar-refractivity contribution in [1.29, 1.82) is 0 Å². The Morgan fingerprint density at radius 2 is 1.92 bits per heavy atom. The molecule has 0 aliphatic heterocycles. The summed E-state index contributed by atoms with van der Waals surface area (Å²) in [5.41, 5.74) is 0.837. The minimum absolute atomic E-state index is 0.0852. The molecule has 0 saturated heterocycles. The smallest absolute Gasteiger partial charge is 0.325 e. The molecule has 0 radical (unpaired) electrons. The molecule has 1 amide bonds. The number of methoxy groups -OCH3 is 2. The van der Waals surface area contributed by atoms with E-state index in [9.17, 15) is 9.59 Å². The zero-order valence-corrected chi connectivity index (χ0v) is 14.5. The fraction of sp³-hybridized carbons (Fsp3) is 0.444. The first-order chi connectivity index (χ1) is 11.5. The van der Waals surface area contributed by atoms with Gasteiger partial charge >= 0.3 is 5.97 Å². The van der Waals surface area contributed by atoms with Crippen molar-refractivity contribution in [2.75, 3.05) is 27.4 Å². The van der Waals surface area contributed by atoms with Gasteiger partial charge in [0, 0.05) is 13.0 Å². The molecule has 0 aliphatic rings. The fourth-order valence-corrected chi connectivity index (χ4v) is 2.18. The maximum absolute atomic E-state index is 12.3. The molecule has 0 unspecified atom stereocenters. The summed E-state index contributed by atoms with van der Waals surface area (Å²) >= 11 is 0. The summed E-state index contributed by atoms with van der Waals surface area (Å²) in [5.74, 6) is 0.628. The van der Waals surface area contributed by atoms with Gasteiger partial charge in [-0.25, -0.2) is 0 Å². The van der Waals surface area contributed by atoms with Crippen LogP contribution >= 0.6 is 0 Å². The van der Waals surface area contributed by atoms with Crippen LogP contribution in [0, 0.1) is 0 Å². The van der Waals surface area contributed by atoms with E-state index >= 15 is 0 Å². The van der Waals surface area contributed by atoms with Crippen molar-refractivity contribution in [3.63, 3.8) is 0 Å². The number of hydrogen-bond acceptors (Lipinski definition) is 5. The van der Waals surface area contributed by atoms with Crippen LogP contribution in [0.2, 0.25) is 0 Å². The van der Waals surface area contributed by atoms with E-state index in [0.29, 0.717) is 24.3 Å². The number of nitrogens with zero attached hydrogens (tertiary/aromatic N) is 1. The predicted molar refractivity (Wildman–Crippen MR) is 91.0 cm³/mol. The van der Waals surface area contributed by atoms with Gasteiger partial charge in [-0.1, -0.05) is 12.1 Å². The van der Waals surface area contributed by atoms with Crippen molar-refractivity contribution in [2.24, 2.45) is 0 Å². The number of carbonyl (C=O) groups excluding carboxylic acids is 2. The average Bonchev–Trinajstić information content (AvgIpc) is 2.59. The molecule has 24 heavy (non-hydrogen) atoms. The van der Waals surface area contributed by atoms with Gasteiger partial charge in [0.1, 0.15) is 6.54 Å². The van der Waals surface area contributed by atoms with E-state index in [1.165, 1.54) is 4.90 Å². The highest BCUT2D eigenvalue weighted by molar-refractivity contribution is 5.82.